The highest BCUT2D eigenvalue weighted by atomic mass is 79.9. The standard InChI is InChI=1S/C12H9BrF3N3O/c1-19-6-8(17-18-19)5-11(20)7-2-3-10(13)9(4-7)12(14,15)16/h2-4,6H,5H2,1H3. The molecule has 0 N–H and O–H groups in total. The molecule has 0 unspecified atom stereocenters. The lowest BCUT2D eigenvalue weighted by Crippen LogP contribution is -2.10. The highest BCUT2D eigenvalue weighted by Crippen LogP contribution is 2.35. The zero-order valence-corrected chi connectivity index (χ0v) is 11.9. The molecule has 0 saturated heterocycles. The first-order chi connectivity index (χ1) is 9.27. The van der Waals surface area contributed by atoms with Crippen LogP contribution in [-0.4, -0.2) is 20.8 Å². The number of ketones is 1. The Hall–Kier alpha value is -1.70. The lowest BCUT2D eigenvalue weighted by atomic mass is 10.0. The van der Waals surface area contributed by atoms with E-state index >= 15 is 0 Å². The van der Waals surface area contributed by atoms with Crippen LogP contribution in [0, 0.1) is 0 Å². The first-order valence-corrected chi connectivity index (χ1v) is 6.32. The van der Waals surface area contributed by atoms with E-state index in [0.29, 0.717) is 5.69 Å². The van der Waals surface area contributed by atoms with Crippen molar-refractivity contribution in [2.45, 2.75) is 12.6 Å². The van der Waals surface area contributed by atoms with Crippen LogP contribution in [0.25, 0.3) is 0 Å². The summed E-state index contributed by atoms with van der Waals surface area (Å²) in [5, 5.41) is 7.39. The Labute approximate surface area is 120 Å². The molecule has 0 bridgehead atoms. The van der Waals surface area contributed by atoms with Crippen LogP contribution in [0.1, 0.15) is 21.6 Å². The molecule has 0 radical (unpaired) electrons. The van der Waals surface area contributed by atoms with Crippen molar-refractivity contribution < 1.29 is 18.0 Å². The van der Waals surface area contributed by atoms with Crippen molar-refractivity contribution in [1.82, 2.24) is 15.0 Å². The van der Waals surface area contributed by atoms with Crippen LogP contribution in [0.4, 0.5) is 13.2 Å². The minimum Gasteiger partial charge on any atom is -0.294 e. The molecule has 4 nitrogen and oxygen atoms in total. The van der Waals surface area contributed by atoms with Crippen molar-refractivity contribution >= 4 is 21.7 Å². The van der Waals surface area contributed by atoms with E-state index in [0.717, 1.165) is 6.07 Å². The minimum atomic E-state index is -4.51. The predicted octanol–water partition coefficient (Wildman–Crippen LogP) is 3.02. The van der Waals surface area contributed by atoms with Gasteiger partial charge in [-0.3, -0.25) is 9.48 Å². The van der Waals surface area contributed by atoms with Crippen LogP contribution < -0.4 is 0 Å². The molecule has 0 atom stereocenters. The van der Waals surface area contributed by atoms with Gasteiger partial charge in [-0.15, -0.1) is 5.10 Å². The lowest BCUT2D eigenvalue weighted by molar-refractivity contribution is -0.138. The molecule has 0 aliphatic carbocycles. The molecule has 2 rings (SSSR count). The zero-order chi connectivity index (χ0) is 14.9. The molecule has 1 aromatic heterocycles. The van der Waals surface area contributed by atoms with Crippen molar-refractivity contribution in [3.63, 3.8) is 0 Å². The van der Waals surface area contributed by atoms with E-state index in [9.17, 15) is 18.0 Å². The first kappa shape index (κ1) is 14.7. The number of benzene rings is 1. The van der Waals surface area contributed by atoms with Crippen molar-refractivity contribution in [2.75, 3.05) is 0 Å². The highest BCUT2D eigenvalue weighted by Gasteiger charge is 2.33. The van der Waals surface area contributed by atoms with Gasteiger partial charge in [-0.1, -0.05) is 27.2 Å². The Morgan fingerprint density at radius 2 is 2.10 bits per heavy atom. The summed E-state index contributed by atoms with van der Waals surface area (Å²) >= 11 is 2.83. The molecule has 8 heteroatoms. The fourth-order valence-electron chi connectivity index (χ4n) is 1.66. The average Bonchev–Trinajstić information content (AvgIpc) is 2.73. The zero-order valence-electron chi connectivity index (χ0n) is 10.3. The third kappa shape index (κ3) is 3.24. The SMILES string of the molecule is Cn1cc(CC(=O)c2ccc(Br)c(C(F)(F)F)c2)nn1. The summed E-state index contributed by atoms with van der Waals surface area (Å²) in [6.45, 7) is 0. The Kier molecular flexibility index (Phi) is 3.94. The number of carbonyl (C=O) groups excluding carboxylic acids is 1. The van der Waals surface area contributed by atoms with Gasteiger partial charge in [0.05, 0.1) is 17.7 Å². The van der Waals surface area contributed by atoms with Gasteiger partial charge in [-0.25, -0.2) is 0 Å². The molecule has 0 amide bonds. The van der Waals surface area contributed by atoms with Gasteiger partial charge < -0.3 is 0 Å². The normalized spacial score (nSPS) is 11.7. The topological polar surface area (TPSA) is 47.8 Å². The molecule has 106 valence electrons. The predicted molar refractivity (Wildman–Crippen MR) is 68.2 cm³/mol. The van der Waals surface area contributed by atoms with Crippen LogP contribution in [-0.2, 0) is 19.6 Å². The number of hydrogen-bond donors (Lipinski definition) is 0. The van der Waals surface area contributed by atoms with Gasteiger partial charge in [-0.05, 0) is 12.1 Å². The number of carbonyl (C=O) groups is 1. The summed E-state index contributed by atoms with van der Waals surface area (Å²) in [6, 6.07) is 3.40. The average molecular weight is 348 g/mol. The largest absolute Gasteiger partial charge is 0.417 e. The van der Waals surface area contributed by atoms with Crippen LogP contribution in [0.15, 0.2) is 28.9 Å². The molecule has 0 aliphatic heterocycles. The van der Waals surface area contributed by atoms with E-state index in [1.165, 1.54) is 16.8 Å². The number of nitrogens with zero attached hydrogens (tertiary/aromatic N) is 3. The molecule has 1 aromatic carbocycles. The Morgan fingerprint density at radius 1 is 1.40 bits per heavy atom. The number of aryl methyl sites for hydroxylation is 1. The van der Waals surface area contributed by atoms with E-state index < -0.39 is 17.5 Å². The molecule has 0 fully saturated rings. The number of rotatable bonds is 3. The van der Waals surface area contributed by atoms with Gasteiger partial charge in [0.15, 0.2) is 5.78 Å². The number of halogens is 4. The van der Waals surface area contributed by atoms with E-state index in [-0.39, 0.29) is 16.5 Å². The summed E-state index contributed by atoms with van der Waals surface area (Å²) in [7, 11) is 1.64. The third-order valence-corrected chi connectivity index (χ3v) is 3.28. The van der Waals surface area contributed by atoms with Crippen LogP contribution >= 0.6 is 15.9 Å². The van der Waals surface area contributed by atoms with Crippen molar-refractivity contribution in [2.24, 2.45) is 7.05 Å². The number of alkyl halides is 3. The van der Waals surface area contributed by atoms with Gasteiger partial charge in [0.25, 0.3) is 0 Å². The lowest BCUT2D eigenvalue weighted by Gasteiger charge is -2.10. The number of Topliss-reactive ketones (excluding diaryl/α,β-unsaturated/α-hetero) is 1. The van der Waals surface area contributed by atoms with Crippen LogP contribution in [0.5, 0.6) is 0 Å². The fourth-order valence-corrected chi connectivity index (χ4v) is 2.13. The van der Waals surface area contributed by atoms with Crippen molar-refractivity contribution in [3.8, 4) is 0 Å². The van der Waals surface area contributed by atoms with E-state index in [2.05, 4.69) is 26.2 Å². The molecular weight excluding hydrogens is 339 g/mol. The molecule has 0 saturated carbocycles. The summed E-state index contributed by atoms with van der Waals surface area (Å²) in [5.74, 6) is -0.441. The second-order valence-corrected chi connectivity index (χ2v) is 5.03. The van der Waals surface area contributed by atoms with Gasteiger partial charge >= 0.3 is 6.18 Å². The van der Waals surface area contributed by atoms with Gasteiger partial charge in [0.1, 0.15) is 0 Å². The fraction of sp³-hybridized carbons (Fsp3) is 0.250. The summed E-state index contributed by atoms with van der Waals surface area (Å²) < 4.78 is 39.6. The molecule has 20 heavy (non-hydrogen) atoms. The van der Waals surface area contributed by atoms with Crippen LogP contribution in [0.2, 0.25) is 0 Å². The van der Waals surface area contributed by atoms with Crippen LogP contribution in [0.3, 0.4) is 0 Å². The maximum Gasteiger partial charge on any atom is 0.417 e. The smallest absolute Gasteiger partial charge is 0.294 e. The minimum absolute atomic E-state index is 0.00817. The van der Waals surface area contributed by atoms with Gasteiger partial charge in [-0.2, -0.15) is 13.2 Å². The maximum atomic E-state index is 12.8. The van der Waals surface area contributed by atoms with Crippen molar-refractivity contribution in [3.05, 3.63) is 45.7 Å². The third-order valence-electron chi connectivity index (χ3n) is 2.59. The van der Waals surface area contributed by atoms with Gasteiger partial charge in [0.2, 0.25) is 0 Å². The summed E-state index contributed by atoms with van der Waals surface area (Å²) in [6.07, 6.45) is -3.06. The summed E-state index contributed by atoms with van der Waals surface area (Å²) in [5.41, 5.74) is -0.470. The van der Waals surface area contributed by atoms with Gasteiger partial charge in [0, 0.05) is 23.3 Å². The number of hydrogen-bond acceptors (Lipinski definition) is 3. The highest BCUT2D eigenvalue weighted by molar-refractivity contribution is 9.10. The molecule has 0 aliphatic rings. The van der Waals surface area contributed by atoms with E-state index in [1.807, 2.05) is 0 Å². The monoisotopic (exact) mass is 347 g/mol. The first-order valence-electron chi connectivity index (χ1n) is 5.52. The Bertz CT molecular complexity index is 652. The summed E-state index contributed by atoms with van der Waals surface area (Å²) in [4.78, 5) is 12.0. The Morgan fingerprint density at radius 3 is 2.65 bits per heavy atom. The van der Waals surface area contributed by atoms with E-state index in [1.54, 1.807) is 13.2 Å². The molecule has 0 spiro atoms. The second-order valence-electron chi connectivity index (χ2n) is 4.18. The molecular formula is C12H9BrF3N3O. The van der Waals surface area contributed by atoms with E-state index in [4.69, 9.17) is 0 Å². The molecule has 2 aromatic rings. The number of aromatic nitrogens is 3. The van der Waals surface area contributed by atoms with Crippen molar-refractivity contribution in [1.29, 1.82) is 0 Å². The Balaban J connectivity index is 2.27. The second kappa shape index (κ2) is 5.35. The quantitative estimate of drug-likeness (QED) is 0.802. The molecule has 1 heterocycles. The maximum absolute atomic E-state index is 12.8.